The van der Waals surface area contributed by atoms with Gasteiger partial charge in [0, 0.05) is 17.9 Å². The molecule has 0 radical (unpaired) electrons. The van der Waals surface area contributed by atoms with Gasteiger partial charge >= 0.3 is 6.18 Å². The fourth-order valence-electron chi connectivity index (χ4n) is 3.19. The van der Waals surface area contributed by atoms with E-state index in [9.17, 15) is 18.0 Å². The zero-order valence-electron chi connectivity index (χ0n) is 13.5. The fourth-order valence-corrected chi connectivity index (χ4v) is 3.19. The predicted octanol–water partition coefficient (Wildman–Crippen LogP) is 4.37. The molecule has 1 aliphatic rings. The summed E-state index contributed by atoms with van der Waals surface area (Å²) in [7, 11) is 0. The van der Waals surface area contributed by atoms with E-state index in [0.29, 0.717) is 11.4 Å². The molecule has 26 heavy (non-hydrogen) atoms. The number of hydrogen-bond acceptors (Lipinski definition) is 2. The average molecular weight is 357 g/mol. The molecule has 1 amide bonds. The normalized spacial score (nSPS) is 16.9. The third-order valence-corrected chi connectivity index (χ3v) is 4.46. The van der Waals surface area contributed by atoms with E-state index >= 15 is 0 Å². The number of nitrogens with one attached hydrogen (secondary N) is 1. The van der Waals surface area contributed by atoms with Crippen LogP contribution in [0.5, 0.6) is 0 Å². The first kappa shape index (κ1) is 16.4. The molecule has 4 nitrogen and oxygen atoms in total. The van der Waals surface area contributed by atoms with Crippen LogP contribution in [0.25, 0.3) is 5.69 Å². The van der Waals surface area contributed by atoms with Gasteiger partial charge in [-0.2, -0.15) is 18.3 Å². The van der Waals surface area contributed by atoms with E-state index in [0.717, 1.165) is 23.4 Å². The number of carbonyl (C=O) groups is 1. The highest BCUT2D eigenvalue weighted by Crippen LogP contribution is 2.39. The van der Waals surface area contributed by atoms with Gasteiger partial charge in [0.1, 0.15) is 5.82 Å². The Kier molecular flexibility index (Phi) is 3.79. The van der Waals surface area contributed by atoms with Crippen LogP contribution in [0.3, 0.4) is 0 Å². The van der Waals surface area contributed by atoms with Crippen LogP contribution in [0.15, 0.2) is 60.8 Å². The molecule has 1 aromatic heterocycles. The van der Waals surface area contributed by atoms with E-state index in [1.807, 2.05) is 30.3 Å². The van der Waals surface area contributed by atoms with Crippen molar-refractivity contribution >= 4 is 11.7 Å². The summed E-state index contributed by atoms with van der Waals surface area (Å²) in [5.41, 5.74) is 1.53. The van der Waals surface area contributed by atoms with Crippen LogP contribution in [0, 0.1) is 0 Å². The largest absolute Gasteiger partial charge is 0.416 e. The number of halogens is 3. The van der Waals surface area contributed by atoms with E-state index in [-0.39, 0.29) is 18.2 Å². The highest BCUT2D eigenvalue weighted by atomic mass is 19.4. The highest BCUT2D eigenvalue weighted by molar-refractivity contribution is 5.94. The summed E-state index contributed by atoms with van der Waals surface area (Å²) in [5.74, 6) is 0.0240. The maximum Gasteiger partial charge on any atom is 0.416 e. The summed E-state index contributed by atoms with van der Waals surface area (Å²) in [6, 6.07) is 14.3. The van der Waals surface area contributed by atoms with Crippen molar-refractivity contribution in [2.24, 2.45) is 0 Å². The summed E-state index contributed by atoms with van der Waals surface area (Å²) in [4.78, 5) is 12.2. The zero-order valence-corrected chi connectivity index (χ0v) is 13.5. The number of fused-ring (bicyclic) bond motifs is 1. The number of anilines is 1. The molecule has 0 fully saturated rings. The number of nitrogens with zero attached hydrogens (tertiary/aromatic N) is 2. The summed E-state index contributed by atoms with van der Waals surface area (Å²) in [6.07, 6.45) is -2.56. The quantitative estimate of drug-likeness (QED) is 0.741. The van der Waals surface area contributed by atoms with Crippen LogP contribution in [-0.2, 0) is 11.0 Å². The molecule has 1 N–H and O–H groups in total. The first-order valence-corrected chi connectivity index (χ1v) is 8.04. The van der Waals surface area contributed by atoms with Crippen LogP contribution in [-0.4, -0.2) is 15.7 Å². The van der Waals surface area contributed by atoms with Gasteiger partial charge in [-0.25, -0.2) is 4.68 Å². The number of amides is 1. The van der Waals surface area contributed by atoms with Crippen molar-refractivity contribution in [2.75, 3.05) is 5.32 Å². The minimum Gasteiger partial charge on any atom is -0.310 e. The SMILES string of the molecule is O=C1CC(c2ccc(C(F)(F)F)cc2)c2cnn(-c3ccccc3)c2N1. The molecule has 1 aliphatic heterocycles. The predicted molar refractivity (Wildman–Crippen MR) is 90.1 cm³/mol. The van der Waals surface area contributed by atoms with Crippen molar-refractivity contribution in [3.05, 3.63) is 77.5 Å². The van der Waals surface area contributed by atoms with Crippen molar-refractivity contribution < 1.29 is 18.0 Å². The van der Waals surface area contributed by atoms with Crippen molar-refractivity contribution in [3.63, 3.8) is 0 Å². The lowest BCUT2D eigenvalue weighted by atomic mass is 9.87. The van der Waals surface area contributed by atoms with E-state index in [2.05, 4.69) is 10.4 Å². The van der Waals surface area contributed by atoms with Gasteiger partial charge in [-0.15, -0.1) is 0 Å². The third-order valence-electron chi connectivity index (χ3n) is 4.46. The van der Waals surface area contributed by atoms with Gasteiger partial charge in [0.15, 0.2) is 0 Å². The first-order chi connectivity index (χ1) is 12.4. The van der Waals surface area contributed by atoms with Gasteiger partial charge in [-0.1, -0.05) is 30.3 Å². The standard InChI is InChI=1S/C19H14F3N3O/c20-19(21,22)13-8-6-12(7-9-13)15-10-17(26)24-18-16(15)11-23-25(18)14-4-2-1-3-5-14/h1-9,11,15H,10H2,(H,24,26). The number of rotatable bonds is 2. The maximum absolute atomic E-state index is 12.8. The highest BCUT2D eigenvalue weighted by Gasteiger charge is 2.33. The first-order valence-electron chi connectivity index (χ1n) is 8.04. The van der Waals surface area contributed by atoms with E-state index < -0.39 is 11.7 Å². The molecule has 4 rings (SSSR count). The Balaban J connectivity index is 1.75. The molecule has 1 atom stereocenters. The van der Waals surface area contributed by atoms with Crippen molar-refractivity contribution in [1.29, 1.82) is 0 Å². The Morgan fingerprint density at radius 2 is 1.73 bits per heavy atom. The Morgan fingerprint density at radius 1 is 1.04 bits per heavy atom. The second-order valence-corrected chi connectivity index (χ2v) is 6.12. The third kappa shape index (κ3) is 2.85. The Hall–Kier alpha value is -3.09. The molecule has 132 valence electrons. The maximum atomic E-state index is 12.8. The van der Waals surface area contributed by atoms with Crippen LogP contribution in [0.4, 0.5) is 19.0 Å². The lowest BCUT2D eigenvalue weighted by Crippen LogP contribution is -2.24. The average Bonchev–Trinajstić information content (AvgIpc) is 3.05. The molecular formula is C19H14F3N3O. The smallest absolute Gasteiger partial charge is 0.310 e. The molecule has 0 saturated carbocycles. The van der Waals surface area contributed by atoms with E-state index in [4.69, 9.17) is 0 Å². The minimum absolute atomic E-state index is 0.166. The number of benzene rings is 2. The summed E-state index contributed by atoms with van der Waals surface area (Å²) in [6.45, 7) is 0. The van der Waals surface area contributed by atoms with Gasteiger partial charge in [0.25, 0.3) is 0 Å². The molecule has 0 saturated heterocycles. The van der Waals surface area contributed by atoms with E-state index in [1.54, 1.807) is 10.9 Å². The second kappa shape index (κ2) is 6.01. The number of para-hydroxylation sites is 1. The van der Waals surface area contributed by atoms with Gasteiger partial charge in [-0.3, -0.25) is 4.79 Å². The lowest BCUT2D eigenvalue weighted by Gasteiger charge is -2.24. The minimum atomic E-state index is -4.38. The van der Waals surface area contributed by atoms with Gasteiger partial charge in [0.05, 0.1) is 17.4 Å². The van der Waals surface area contributed by atoms with Crippen molar-refractivity contribution in [2.45, 2.75) is 18.5 Å². The monoisotopic (exact) mass is 357 g/mol. The zero-order chi connectivity index (χ0) is 18.3. The fraction of sp³-hybridized carbons (Fsp3) is 0.158. The molecule has 0 spiro atoms. The molecule has 2 heterocycles. The number of carbonyl (C=O) groups excluding carboxylic acids is 1. The summed E-state index contributed by atoms with van der Waals surface area (Å²) < 4.78 is 40.0. The number of alkyl halides is 3. The van der Waals surface area contributed by atoms with E-state index in [1.165, 1.54) is 12.1 Å². The Morgan fingerprint density at radius 3 is 2.38 bits per heavy atom. The summed E-state index contributed by atoms with van der Waals surface area (Å²) in [5, 5.41) is 7.18. The topological polar surface area (TPSA) is 46.9 Å². The van der Waals surface area contributed by atoms with Crippen LogP contribution in [0.1, 0.15) is 29.0 Å². The van der Waals surface area contributed by atoms with Gasteiger partial charge in [-0.05, 0) is 29.8 Å². The molecular weight excluding hydrogens is 343 g/mol. The van der Waals surface area contributed by atoms with Gasteiger partial charge in [0.2, 0.25) is 5.91 Å². The molecule has 0 bridgehead atoms. The van der Waals surface area contributed by atoms with Crippen LogP contribution < -0.4 is 5.32 Å². The molecule has 2 aromatic carbocycles. The molecule has 7 heteroatoms. The Labute approximate surface area is 147 Å². The second-order valence-electron chi connectivity index (χ2n) is 6.12. The molecule has 3 aromatic rings. The van der Waals surface area contributed by atoms with Crippen LogP contribution >= 0.6 is 0 Å². The van der Waals surface area contributed by atoms with Crippen LogP contribution in [0.2, 0.25) is 0 Å². The lowest BCUT2D eigenvalue weighted by molar-refractivity contribution is -0.137. The number of hydrogen-bond donors (Lipinski definition) is 1. The van der Waals surface area contributed by atoms with Gasteiger partial charge < -0.3 is 5.32 Å². The molecule has 1 unspecified atom stereocenters. The number of aromatic nitrogens is 2. The summed E-state index contributed by atoms with van der Waals surface area (Å²) >= 11 is 0. The van der Waals surface area contributed by atoms with Crippen molar-refractivity contribution in [1.82, 2.24) is 9.78 Å². The molecule has 0 aliphatic carbocycles. The van der Waals surface area contributed by atoms with Crippen molar-refractivity contribution in [3.8, 4) is 5.69 Å². The Bertz CT molecular complexity index is 946.